The van der Waals surface area contributed by atoms with E-state index in [4.69, 9.17) is 4.74 Å². The maximum atomic E-state index is 13.2. The van der Waals surface area contributed by atoms with Gasteiger partial charge in [-0.1, -0.05) is 37.6 Å². The molecule has 0 radical (unpaired) electrons. The van der Waals surface area contributed by atoms with Crippen LogP contribution in [0.4, 0.5) is 0 Å². The Bertz CT molecular complexity index is 1570. The van der Waals surface area contributed by atoms with Gasteiger partial charge in [0, 0.05) is 26.9 Å². The molecule has 1 N–H and O–H groups in total. The molecule has 1 amide bonds. The molecule has 1 aromatic carbocycles. The van der Waals surface area contributed by atoms with Crippen molar-refractivity contribution in [1.29, 1.82) is 0 Å². The quantitative estimate of drug-likeness (QED) is 0.332. The van der Waals surface area contributed by atoms with Crippen LogP contribution in [-0.4, -0.2) is 34.1 Å². The summed E-state index contributed by atoms with van der Waals surface area (Å²) >= 11 is 0. The number of hydrogen-bond donors (Lipinski definition) is 1. The lowest BCUT2D eigenvalue weighted by Gasteiger charge is -2.14. The maximum absolute atomic E-state index is 13.2. The first-order valence-corrected chi connectivity index (χ1v) is 13.3. The molecule has 0 bridgehead atoms. The summed E-state index contributed by atoms with van der Waals surface area (Å²) < 4.78 is 35.7. The van der Waals surface area contributed by atoms with Gasteiger partial charge < -0.3 is 4.74 Å². The van der Waals surface area contributed by atoms with Gasteiger partial charge in [0.1, 0.15) is 11.3 Å². The zero-order valence-corrected chi connectivity index (χ0v) is 22.2. The van der Waals surface area contributed by atoms with Crippen molar-refractivity contribution in [3.05, 3.63) is 83.3 Å². The van der Waals surface area contributed by atoms with E-state index in [0.717, 1.165) is 23.2 Å². The van der Waals surface area contributed by atoms with Gasteiger partial charge >= 0.3 is 0 Å². The molecule has 10 heteroatoms. The van der Waals surface area contributed by atoms with Crippen molar-refractivity contribution in [2.75, 3.05) is 0 Å². The fourth-order valence-electron chi connectivity index (χ4n) is 3.74. The zero-order chi connectivity index (χ0) is 26.7. The summed E-state index contributed by atoms with van der Waals surface area (Å²) in [6.07, 6.45) is 3.57. The summed E-state index contributed by atoms with van der Waals surface area (Å²) in [5.41, 5.74) is 3.66. The van der Waals surface area contributed by atoms with Gasteiger partial charge in [0.2, 0.25) is 5.88 Å². The van der Waals surface area contributed by atoms with E-state index < -0.39 is 15.9 Å². The molecule has 3 aromatic heterocycles. The Hall–Kier alpha value is -4.05. The number of carbonyl (C=O) groups is 1. The average molecular weight is 524 g/mol. The lowest BCUT2D eigenvalue weighted by molar-refractivity contribution is 0.0978. The predicted octanol–water partition coefficient (Wildman–Crippen LogP) is 5.32. The Labute approximate surface area is 219 Å². The number of nitrogens with one attached hydrogen (secondary N) is 1. The topological polar surface area (TPSA) is 116 Å². The molecule has 0 saturated heterocycles. The summed E-state index contributed by atoms with van der Waals surface area (Å²) in [5.74, 6) is 0.0200. The molecule has 37 heavy (non-hydrogen) atoms. The van der Waals surface area contributed by atoms with Crippen LogP contribution in [-0.2, 0) is 16.6 Å². The minimum Gasteiger partial charge on any atom is -0.438 e. The monoisotopic (exact) mass is 523 g/mol. The number of pyridine rings is 2. The zero-order valence-electron chi connectivity index (χ0n) is 21.4. The summed E-state index contributed by atoms with van der Waals surface area (Å²) in [4.78, 5) is 21.8. The number of aromatic nitrogens is 4. The van der Waals surface area contributed by atoms with Crippen molar-refractivity contribution < 1.29 is 20.8 Å². The molecular weight excluding hydrogens is 490 g/mol. The van der Waals surface area contributed by atoms with Gasteiger partial charge in [-0.05, 0) is 62.6 Å². The Balaban J connectivity index is 0.00000267. The third-order valence-corrected chi connectivity index (χ3v) is 6.72. The average Bonchev–Trinajstić information content (AvgIpc) is 3.28. The van der Waals surface area contributed by atoms with Crippen molar-refractivity contribution in [2.24, 2.45) is 5.92 Å². The number of rotatable bonds is 8. The molecule has 0 aliphatic rings. The van der Waals surface area contributed by atoms with Gasteiger partial charge in [0.15, 0.2) is 5.03 Å². The Morgan fingerprint density at radius 2 is 1.86 bits per heavy atom. The first-order chi connectivity index (χ1) is 17.5. The molecule has 0 atom stereocenters. The third-order valence-electron chi connectivity index (χ3n) is 5.49. The van der Waals surface area contributed by atoms with Crippen LogP contribution in [0.1, 0.15) is 43.9 Å². The van der Waals surface area contributed by atoms with Crippen LogP contribution < -0.4 is 9.46 Å². The summed E-state index contributed by atoms with van der Waals surface area (Å²) in [6, 6.07) is 13.3. The third kappa shape index (κ3) is 6.21. The highest BCUT2D eigenvalue weighted by atomic mass is 32.2. The molecule has 9 nitrogen and oxygen atoms in total. The smallest absolute Gasteiger partial charge is 0.281 e. The molecule has 0 spiro atoms. The van der Waals surface area contributed by atoms with Gasteiger partial charge in [-0.3, -0.25) is 9.48 Å². The van der Waals surface area contributed by atoms with Gasteiger partial charge in [-0.2, -0.15) is 13.5 Å². The van der Waals surface area contributed by atoms with E-state index in [-0.39, 0.29) is 19.3 Å². The van der Waals surface area contributed by atoms with Crippen LogP contribution in [0.2, 0.25) is 0 Å². The van der Waals surface area contributed by atoms with Crippen molar-refractivity contribution in [3.63, 3.8) is 0 Å². The van der Waals surface area contributed by atoms with Crippen LogP contribution in [0.25, 0.3) is 11.3 Å². The second-order valence-corrected chi connectivity index (χ2v) is 10.9. The molecular formula is C27H33N5O4S. The van der Waals surface area contributed by atoms with Crippen LogP contribution in [0.5, 0.6) is 11.6 Å². The number of ether oxygens (including phenoxy) is 1. The summed E-state index contributed by atoms with van der Waals surface area (Å²) in [5, 5.41) is 4.14. The van der Waals surface area contributed by atoms with Crippen LogP contribution in [0, 0.1) is 26.7 Å². The first kappa shape index (κ1) is 26.0. The SMILES string of the molecule is Cc1ccc(Oc2nc(-c3cnn(CC(C)C)c3)ccc2C(=O)NS(=O)(=O)c2cccc(C)n2)c(C)c1.[HH].[HH]. The standard InChI is InChI=1S/C27H29N5O4S.2H2/c1-17(2)15-32-16-21(14-28-32)23-11-10-22(27(30-23)36-24-12-9-18(3)13-19(24)4)26(33)31-37(34,35)25-8-6-7-20(5)29-25;;/h6-14,16-17H,15H2,1-5H3,(H,31,33);2*1H. The molecule has 0 fully saturated rings. The largest absolute Gasteiger partial charge is 0.438 e. The second kappa shape index (κ2) is 10.5. The fourth-order valence-corrected chi connectivity index (χ4v) is 4.72. The molecule has 3 heterocycles. The van der Waals surface area contributed by atoms with Crippen molar-refractivity contribution >= 4 is 15.9 Å². The Morgan fingerprint density at radius 1 is 1.08 bits per heavy atom. The highest BCUT2D eigenvalue weighted by Gasteiger charge is 2.24. The molecule has 196 valence electrons. The number of benzene rings is 1. The van der Waals surface area contributed by atoms with E-state index in [9.17, 15) is 13.2 Å². The maximum Gasteiger partial charge on any atom is 0.281 e. The first-order valence-electron chi connectivity index (χ1n) is 11.8. The molecule has 0 unspecified atom stereocenters. The van der Waals surface area contributed by atoms with Gasteiger partial charge in [0.25, 0.3) is 15.9 Å². The van der Waals surface area contributed by atoms with E-state index in [1.165, 1.54) is 12.1 Å². The lowest BCUT2D eigenvalue weighted by atomic mass is 10.1. The van der Waals surface area contributed by atoms with Crippen LogP contribution in [0.15, 0.2) is 66.0 Å². The van der Waals surface area contributed by atoms with Crippen LogP contribution in [0.3, 0.4) is 0 Å². The van der Waals surface area contributed by atoms with E-state index in [1.807, 2.05) is 36.9 Å². The molecule has 4 aromatic rings. The number of carbonyl (C=O) groups excluding carboxylic acids is 1. The predicted molar refractivity (Wildman–Crippen MR) is 144 cm³/mol. The number of hydrogen-bond acceptors (Lipinski definition) is 7. The summed E-state index contributed by atoms with van der Waals surface area (Å²) in [7, 11) is -4.21. The minimum atomic E-state index is -4.21. The van der Waals surface area contributed by atoms with Gasteiger partial charge in [-0.25, -0.2) is 14.7 Å². The molecule has 0 saturated carbocycles. The van der Waals surface area contributed by atoms with Crippen LogP contribution >= 0.6 is 0 Å². The normalized spacial score (nSPS) is 11.5. The van der Waals surface area contributed by atoms with Gasteiger partial charge in [-0.15, -0.1) is 0 Å². The van der Waals surface area contributed by atoms with Crippen molar-refractivity contribution in [3.8, 4) is 22.9 Å². The van der Waals surface area contributed by atoms with E-state index in [0.29, 0.717) is 23.1 Å². The number of amides is 1. The molecule has 0 aliphatic heterocycles. The van der Waals surface area contributed by atoms with E-state index >= 15 is 0 Å². The number of sulfonamides is 1. The number of nitrogens with zero attached hydrogens (tertiary/aromatic N) is 4. The molecule has 4 rings (SSSR count). The van der Waals surface area contributed by atoms with Gasteiger partial charge in [0.05, 0.1) is 11.9 Å². The number of aryl methyl sites for hydroxylation is 3. The summed E-state index contributed by atoms with van der Waals surface area (Å²) in [6.45, 7) is 10.5. The fraction of sp³-hybridized carbons (Fsp3) is 0.259. The Kier molecular flexibility index (Phi) is 7.40. The highest BCUT2D eigenvalue weighted by molar-refractivity contribution is 7.90. The minimum absolute atomic E-state index is 0. The molecule has 0 aliphatic carbocycles. The van der Waals surface area contributed by atoms with E-state index in [2.05, 4.69) is 33.6 Å². The highest BCUT2D eigenvalue weighted by Crippen LogP contribution is 2.30. The van der Waals surface area contributed by atoms with Crippen molar-refractivity contribution in [2.45, 2.75) is 46.2 Å². The van der Waals surface area contributed by atoms with E-state index in [1.54, 1.807) is 37.4 Å². The lowest BCUT2D eigenvalue weighted by Crippen LogP contribution is -2.31. The Morgan fingerprint density at radius 3 is 2.57 bits per heavy atom. The van der Waals surface area contributed by atoms with Crippen molar-refractivity contribution in [1.82, 2.24) is 24.5 Å². The second-order valence-electron chi connectivity index (χ2n) is 9.32.